The highest BCUT2D eigenvalue weighted by molar-refractivity contribution is 5.69. The number of carbonyl (C=O) groups is 6. The Kier molecular flexibility index (Phi) is 13.9. The van der Waals surface area contributed by atoms with Crippen LogP contribution in [0.2, 0.25) is 0 Å². The van der Waals surface area contributed by atoms with Gasteiger partial charge in [-0.05, 0) is 5.53 Å². The number of ether oxygens (including phenoxy) is 9. The van der Waals surface area contributed by atoms with E-state index in [9.17, 15) is 44.4 Å². The number of carbonyl (C=O) groups excluding carboxylic acids is 6. The zero-order valence-electron chi connectivity index (χ0n) is 25.3. The van der Waals surface area contributed by atoms with Gasteiger partial charge in [0.25, 0.3) is 5.09 Å². The van der Waals surface area contributed by atoms with Gasteiger partial charge < -0.3 is 42.6 Å². The van der Waals surface area contributed by atoms with Crippen molar-refractivity contribution >= 4 is 35.8 Å². The van der Waals surface area contributed by atoms with Crippen molar-refractivity contribution in [3.05, 3.63) is 20.6 Å². The van der Waals surface area contributed by atoms with Crippen LogP contribution < -0.4 is 0 Å². The van der Waals surface area contributed by atoms with E-state index in [4.69, 9.17) is 42.6 Å². The van der Waals surface area contributed by atoms with Gasteiger partial charge in [0.05, 0.1) is 0 Å². The van der Waals surface area contributed by atoms with E-state index in [-0.39, 0.29) is 0 Å². The van der Waals surface area contributed by atoms with Gasteiger partial charge in [0, 0.05) is 46.5 Å². The first-order chi connectivity index (χ1) is 21.5. The maximum Gasteiger partial charge on any atom is 0.303 e. The van der Waals surface area contributed by atoms with Crippen LogP contribution in [-0.4, -0.2) is 115 Å². The molecule has 2 rings (SSSR count). The molecule has 0 aromatic rings. The number of hydrogen-bond donors (Lipinski definition) is 0. The molecule has 22 heteroatoms. The summed E-state index contributed by atoms with van der Waals surface area (Å²) in [6, 6.07) is -1.82. The third-order valence-electron chi connectivity index (χ3n) is 5.98. The van der Waals surface area contributed by atoms with E-state index in [2.05, 4.69) is 14.9 Å². The van der Waals surface area contributed by atoms with Gasteiger partial charge >= 0.3 is 35.8 Å². The molecule has 2 fully saturated rings. The van der Waals surface area contributed by atoms with Crippen LogP contribution in [0.3, 0.4) is 0 Å². The topological polar surface area (TPSA) is 287 Å². The predicted molar refractivity (Wildman–Crippen MR) is 139 cm³/mol. The summed E-state index contributed by atoms with van der Waals surface area (Å²) in [5, 5.41) is 13.3. The Labute approximate surface area is 259 Å². The first kappa shape index (κ1) is 37.4. The Hall–Kier alpha value is -4.79. The van der Waals surface area contributed by atoms with Gasteiger partial charge in [0.2, 0.25) is 6.29 Å². The highest BCUT2D eigenvalue weighted by atomic mass is 17.0. The summed E-state index contributed by atoms with van der Waals surface area (Å²) in [5.74, 6) is -5.46. The molecule has 2 aliphatic rings. The molecule has 0 aromatic carbocycles. The molecule has 2 heterocycles. The number of hydrogen-bond acceptors (Lipinski definition) is 19. The molecule has 0 unspecified atom stereocenters. The van der Waals surface area contributed by atoms with Crippen LogP contribution >= 0.6 is 0 Å². The summed E-state index contributed by atoms with van der Waals surface area (Å²) >= 11 is 0. The molecule has 10 atom stereocenters. The van der Waals surface area contributed by atoms with Crippen LogP contribution in [0.15, 0.2) is 5.11 Å². The van der Waals surface area contributed by atoms with E-state index in [0.29, 0.717) is 0 Å². The second-order valence-corrected chi connectivity index (χ2v) is 9.61. The molecule has 0 saturated carbocycles. The predicted octanol–water partition coefficient (Wildman–Crippen LogP) is -0.438. The molecule has 0 radical (unpaired) electrons. The van der Waals surface area contributed by atoms with Gasteiger partial charge in [-0.2, -0.15) is 0 Å². The van der Waals surface area contributed by atoms with Crippen molar-refractivity contribution in [2.24, 2.45) is 5.11 Å². The molecular weight excluding hydrogens is 632 g/mol. The van der Waals surface area contributed by atoms with Crippen LogP contribution in [0.1, 0.15) is 41.5 Å². The summed E-state index contributed by atoms with van der Waals surface area (Å²) in [5.41, 5.74) is 9.18. The van der Waals surface area contributed by atoms with Gasteiger partial charge in [-0.3, -0.25) is 33.6 Å². The van der Waals surface area contributed by atoms with Crippen molar-refractivity contribution in [1.29, 1.82) is 0 Å². The Morgan fingerprint density at radius 3 is 1.57 bits per heavy atom. The molecular formula is C24H32N4O18. The number of rotatable bonds is 13. The van der Waals surface area contributed by atoms with E-state index in [1.54, 1.807) is 0 Å². The molecule has 2 saturated heterocycles. The number of esters is 6. The van der Waals surface area contributed by atoms with Crippen LogP contribution in [0.4, 0.5) is 0 Å². The minimum atomic E-state index is -2.02. The molecule has 0 bridgehead atoms. The number of nitrogens with zero attached hydrogens (tertiary/aromatic N) is 4. The average molecular weight is 665 g/mol. The molecule has 22 nitrogen and oxygen atoms in total. The molecule has 0 aromatic heterocycles. The second kappa shape index (κ2) is 17.1. The normalized spacial score (nSPS) is 30.3. The van der Waals surface area contributed by atoms with Crippen LogP contribution in [0.5, 0.6) is 0 Å². The van der Waals surface area contributed by atoms with Gasteiger partial charge in [-0.1, -0.05) is 5.11 Å². The largest absolute Gasteiger partial charge is 0.463 e. The lowest BCUT2D eigenvalue weighted by atomic mass is 9.95. The third kappa shape index (κ3) is 11.0. The molecule has 46 heavy (non-hydrogen) atoms. The summed E-state index contributed by atoms with van der Waals surface area (Å²) in [7, 11) is 0. The minimum absolute atomic E-state index is 0.622. The SMILES string of the molecule is CC(=O)OC[C@H]1O[C@@H](O[C@H]2[C@H](OC(C)=O)[C@@H](N=[N+]=[N-])[C@H](O[N+](=O)[O-])O[C@@H]2COC(C)=O)[C@H](OC(C)=O)[C@@H](OC(C)=O)[C@H]1OC(C)=O. The zero-order chi connectivity index (χ0) is 34.7. The molecule has 0 aliphatic carbocycles. The quantitative estimate of drug-likeness (QED) is 0.0458. The van der Waals surface area contributed by atoms with E-state index in [1.807, 2.05) is 0 Å². The lowest BCUT2D eigenvalue weighted by Crippen LogP contribution is -2.66. The molecule has 256 valence electrons. The van der Waals surface area contributed by atoms with E-state index in [1.165, 1.54) is 0 Å². The standard InChI is InChI=1S/C24H32N4O18/c1-9(29)37-7-15-18(20(40-12(4)32)17(26-27-25)23(43-15)46-28(35)36)45-24-22(42-14(6)34)21(41-13(5)33)19(39-11(3)31)16(44-24)8-38-10(2)30/h15-24H,7-8H2,1-6H3/t15-,16-,17-,18-,19+,20-,21+,22-,23+,24+/m1/s1. The molecule has 2 aliphatic heterocycles. The zero-order valence-corrected chi connectivity index (χ0v) is 25.3. The Balaban J connectivity index is 2.72. The van der Waals surface area contributed by atoms with Crippen molar-refractivity contribution in [2.45, 2.75) is 103 Å². The minimum Gasteiger partial charge on any atom is -0.463 e. The first-order valence-electron chi connectivity index (χ1n) is 13.3. The molecule has 0 N–H and O–H groups in total. The van der Waals surface area contributed by atoms with Crippen molar-refractivity contribution in [1.82, 2.24) is 0 Å². The summed E-state index contributed by atoms with van der Waals surface area (Å²) in [4.78, 5) is 90.1. The van der Waals surface area contributed by atoms with Crippen molar-refractivity contribution in [3.63, 3.8) is 0 Å². The third-order valence-corrected chi connectivity index (χ3v) is 5.98. The van der Waals surface area contributed by atoms with E-state index in [0.717, 1.165) is 41.5 Å². The fourth-order valence-corrected chi connectivity index (χ4v) is 4.52. The fourth-order valence-electron chi connectivity index (χ4n) is 4.52. The highest BCUT2D eigenvalue weighted by Gasteiger charge is 2.57. The van der Waals surface area contributed by atoms with Crippen molar-refractivity contribution in [2.75, 3.05) is 13.2 Å². The maximum atomic E-state index is 12.2. The van der Waals surface area contributed by atoms with E-state index < -0.39 is 115 Å². The monoisotopic (exact) mass is 664 g/mol. The van der Waals surface area contributed by atoms with Gasteiger partial charge in [0.1, 0.15) is 43.7 Å². The smallest absolute Gasteiger partial charge is 0.303 e. The fraction of sp³-hybridized carbons (Fsp3) is 0.750. The Bertz CT molecular complexity index is 1220. The second-order valence-electron chi connectivity index (χ2n) is 9.61. The molecule has 0 spiro atoms. The molecule has 0 amide bonds. The lowest BCUT2D eigenvalue weighted by Gasteiger charge is -2.48. The summed E-state index contributed by atoms with van der Waals surface area (Å²) < 4.78 is 48.8. The average Bonchev–Trinajstić information content (AvgIpc) is 2.91. The lowest BCUT2D eigenvalue weighted by molar-refractivity contribution is -0.783. The van der Waals surface area contributed by atoms with E-state index >= 15 is 0 Å². The van der Waals surface area contributed by atoms with Crippen molar-refractivity contribution < 1.29 is 81.3 Å². The number of azide groups is 1. The van der Waals surface area contributed by atoms with Gasteiger partial charge in [-0.15, -0.1) is 10.1 Å². The van der Waals surface area contributed by atoms with Gasteiger partial charge in [0.15, 0.2) is 24.6 Å². The highest BCUT2D eigenvalue weighted by Crippen LogP contribution is 2.35. The first-order valence-corrected chi connectivity index (χ1v) is 13.3. The summed E-state index contributed by atoms with van der Waals surface area (Å²) in [6.45, 7) is 4.66. The van der Waals surface area contributed by atoms with Crippen molar-refractivity contribution in [3.8, 4) is 0 Å². The maximum absolute atomic E-state index is 12.2. The van der Waals surface area contributed by atoms with Gasteiger partial charge in [-0.25, -0.2) is 0 Å². The van der Waals surface area contributed by atoms with Crippen LogP contribution in [0, 0.1) is 10.1 Å². The van der Waals surface area contributed by atoms with Crippen LogP contribution in [0.25, 0.3) is 10.4 Å². The Morgan fingerprint density at radius 1 is 0.674 bits per heavy atom. The van der Waals surface area contributed by atoms with Crippen LogP contribution in [-0.2, 0) is 76.2 Å². The summed E-state index contributed by atoms with van der Waals surface area (Å²) in [6.07, 6.45) is -15.5. The Morgan fingerprint density at radius 2 is 1.11 bits per heavy atom.